The molecule has 0 bridgehead atoms. The number of halogens is 3. The zero-order valence-corrected chi connectivity index (χ0v) is 30.1. The normalized spacial score (nSPS) is 19.0. The Morgan fingerprint density at radius 1 is 0.940 bits per heavy atom. The van der Waals surface area contributed by atoms with E-state index in [1.54, 1.807) is 13.2 Å². The third-order valence-corrected chi connectivity index (χ3v) is 11.6. The maximum atomic E-state index is 11.7. The second kappa shape index (κ2) is 14.5. The van der Waals surface area contributed by atoms with E-state index in [1.807, 2.05) is 36.4 Å². The number of nitrogens with zero attached hydrogens (tertiary/aromatic N) is 1. The monoisotopic (exact) mass is 732 g/mol. The van der Waals surface area contributed by atoms with E-state index in [9.17, 15) is 14.7 Å². The van der Waals surface area contributed by atoms with Crippen LogP contribution in [-0.2, 0) is 29.0 Å². The van der Waals surface area contributed by atoms with Gasteiger partial charge in [0.25, 0.3) is 0 Å². The molecular weight excluding hydrogens is 695 g/mol. The Morgan fingerprint density at radius 2 is 1.72 bits per heavy atom. The second-order valence-corrected chi connectivity index (χ2v) is 15.0. The van der Waals surface area contributed by atoms with Gasteiger partial charge in [-0.3, -0.25) is 9.59 Å². The zero-order valence-electron chi connectivity index (χ0n) is 27.9. The van der Waals surface area contributed by atoms with E-state index in [-0.39, 0.29) is 6.10 Å². The Morgan fingerprint density at radius 3 is 2.44 bits per heavy atom. The minimum absolute atomic E-state index is 0.261. The van der Waals surface area contributed by atoms with Crippen LogP contribution in [0.3, 0.4) is 0 Å². The number of ether oxygens (including phenoxy) is 2. The standard InChI is InChI=1S/C40H39Cl3N2O5/c1-49-37-25(14-15-40(16-17-40)39(47)48)20-34(42)38(45-37)50-35-13-12-30-29(5-3-6-31(30)35)32-7-2-4-28(36(32)43)24-9-10-26(33(41)19-24)22-44-21-23-8-11-27(46)18-23/h2-7,9-10,19-20,23,35,44H,8,11-18,21-22H2,1H3,(H,47,48)/t23-,35+/m1/s1. The lowest BCUT2D eigenvalue weighted by Crippen LogP contribution is -2.21. The van der Waals surface area contributed by atoms with Crippen LogP contribution in [0.1, 0.15) is 73.3 Å². The van der Waals surface area contributed by atoms with Crippen molar-refractivity contribution >= 4 is 46.6 Å². The molecule has 3 aliphatic carbocycles. The molecule has 0 radical (unpaired) electrons. The highest BCUT2D eigenvalue weighted by Gasteiger charge is 2.49. The molecule has 2 atom stereocenters. The fourth-order valence-corrected chi connectivity index (χ4v) is 8.25. The maximum absolute atomic E-state index is 11.7. The number of carbonyl (C=O) groups is 2. The number of aromatic nitrogens is 1. The molecule has 3 aliphatic rings. The lowest BCUT2D eigenvalue weighted by Gasteiger charge is -2.18. The molecule has 260 valence electrons. The molecule has 0 spiro atoms. The van der Waals surface area contributed by atoms with Gasteiger partial charge in [-0.2, -0.15) is 4.98 Å². The van der Waals surface area contributed by atoms with E-state index < -0.39 is 11.4 Å². The molecule has 2 N–H and O–H groups in total. The average Bonchev–Trinajstić information content (AvgIpc) is 3.63. The summed E-state index contributed by atoms with van der Waals surface area (Å²) in [5, 5.41) is 14.7. The van der Waals surface area contributed by atoms with Crippen LogP contribution in [0.4, 0.5) is 0 Å². The number of aliphatic carboxylic acids is 1. The Labute approximate surface area is 307 Å². The van der Waals surface area contributed by atoms with E-state index in [0.29, 0.717) is 83.6 Å². The number of nitrogens with one attached hydrogen (secondary N) is 1. The van der Waals surface area contributed by atoms with Gasteiger partial charge in [-0.15, -0.1) is 0 Å². The van der Waals surface area contributed by atoms with Crippen LogP contribution < -0.4 is 14.8 Å². The van der Waals surface area contributed by atoms with Gasteiger partial charge in [-0.1, -0.05) is 83.3 Å². The smallest absolute Gasteiger partial charge is 0.309 e. The van der Waals surface area contributed by atoms with Gasteiger partial charge in [0, 0.05) is 41.1 Å². The van der Waals surface area contributed by atoms with Crippen molar-refractivity contribution in [3.8, 4) is 34.0 Å². The number of rotatable bonds is 13. The van der Waals surface area contributed by atoms with Gasteiger partial charge in [0.1, 0.15) is 16.9 Å². The van der Waals surface area contributed by atoms with Crippen molar-refractivity contribution in [2.24, 2.45) is 11.3 Å². The van der Waals surface area contributed by atoms with Gasteiger partial charge in [0.2, 0.25) is 11.8 Å². The highest BCUT2D eigenvalue weighted by atomic mass is 35.5. The summed E-state index contributed by atoms with van der Waals surface area (Å²) in [5.41, 5.74) is 7.19. The number of carbonyl (C=O) groups excluding carboxylic acids is 1. The maximum Gasteiger partial charge on any atom is 0.309 e. The summed E-state index contributed by atoms with van der Waals surface area (Å²) in [6.07, 6.45) is 6.01. The number of ketones is 1. The minimum atomic E-state index is -0.749. The molecular formula is C40H39Cl3N2O5. The number of Topliss-reactive ketones (excluding diaryl/α,β-unsaturated/α-hetero) is 1. The topological polar surface area (TPSA) is 97.8 Å². The van der Waals surface area contributed by atoms with Crippen LogP contribution in [0.15, 0.2) is 60.7 Å². The predicted molar refractivity (Wildman–Crippen MR) is 197 cm³/mol. The van der Waals surface area contributed by atoms with Gasteiger partial charge in [-0.05, 0) is 97.4 Å². The first-order valence-corrected chi connectivity index (χ1v) is 18.3. The average molecular weight is 734 g/mol. The fraction of sp³-hybridized carbons (Fsp3) is 0.375. The number of aryl methyl sites for hydroxylation is 1. The third kappa shape index (κ3) is 7.11. The van der Waals surface area contributed by atoms with E-state index >= 15 is 0 Å². The first kappa shape index (κ1) is 34.8. The minimum Gasteiger partial charge on any atom is -0.481 e. The molecule has 2 fully saturated rings. The summed E-state index contributed by atoms with van der Waals surface area (Å²) in [5.74, 6) is 0.702. The molecule has 2 saturated carbocycles. The summed E-state index contributed by atoms with van der Waals surface area (Å²) in [6, 6.07) is 20.1. The van der Waals surface area contributed by atoms with Crippen molar-refractivity contribution in [2.45, 2.75) is 70.4 Å². The second-order valence-electron chi connectivity index (χ2n) is 13.8. The van der Waals surface area contributed by atoms with Crippen LogP contribution in [0.25, 0.3) is 22.3 Å². The van der Waals surface area contributed by atoms with Crippen molar-refractivity contribution < 1.29 is 24.2 Å². The van der Waals surface area contributed by atoms with Crippen LogP contribution in [-0.4, -0.2) is 35.5 Å². The molecule has 0 unspecified atom stereocenters. The van der Waals surface area contributed by atoms with Crippen LogP contribution >= 0.6 is 34.8 Å². The van der Waals surface area contributed by atoms with Crippen LogP contribution in [0, 0.1) is 11.3 Å². The molecule has 7 rings (SSSR count). The molecule has 50 heavy (non-hydrogen) atoms. The van der Waals surface area contributed by atoms with Crippen molar-refractivity contribution in [1.82, 2.24) is 10.3 Å². The third-order valence-electron chi connectivity index (χ3n) is 10.6. The lowest BCUT2D eigenvalue weighted by atomic mass is 9.93. The Bertz CT molecular complexity index is 1960. The molecule has 1 heterocycles. The van der Waals surface area contributed by atoms with Crippen molar-refractivity contribution in [3.05, 3.63) is 98.0 Å². The number of carboxylic acids is 1. The SMILES string of the molecule is COc1nc(O[C@H]2CCc3c(-c4cccc(-c5ccc(CNC[C@@H]6CCC(=O)C6)c(Cl)c5)c4Cl)cccc32)c(Cl)cc1CCC1(C(=O)O)CC1. The summed E-state index contributed by atoms with van der Waals surface area (Å²) in [7, 11) is 1.55. The van der Waals surface area contributed by atoms with Gasteiger partial charge in [0.05, 0.1) is 17.5 Å². The van der Waals surface area contributed by atoms with E-state index in [1.165, 1.54) is 5.56 Å². The number of benzene rings is 3. The van der Waals surface area contributed by atoms with Crippen LogP contribution in [0.5, 0.6) is 11.8 Å². The summed E-state index contributed by atoms with van der Waals surface area (Å²) >= 11 is 20.6. The summed E-state index contributed by atoms with van der Waals surface area (Å²) in [6.45, 7) is 1.45. The molecule has 7 nitrogen and oxygen atoms in total. The fourth-order valence-electron chi connectivity index (χ4n) is 7.45. The predicted octanol–water partition coefficient (Wildman–Crippen LogP) is 9.71. The van der Waals surface area contributed by atoms with E-state index in [4.69, 9.17) is 44.3 Å². The summed E-state index contributed by atoms with van der Waals surface area (Å²) in [4.78, 5) is 27.9. The number of hydrogen-bond acceptors (Lipinski definition) is 6. The number of pyridine rings is 1. The molecule has 0 aliphatic heterocycles. The van der Waals surface area contributed by atoms with E-state index in [0.717, 1.165) is 64.8 Å². The molecule has 0 amide bonds. The lowest BCUT2D eigenvalue weighted by molar-refractivity contribution is -0.143. The highest BCUT2D eigenvalue weighted by Crippen LogP contribution is 2.50. The Balaban J connectivity index is 1.08. The molecule has 10 heteroatoms. The van der Waals surface area contributed by atoms with Crippen molar-refractivity contribution in [3.63, 3.8) is 0 Å². The largest absolute Gasteiger partial charge is 0.481 e. The number of fused-ring (bicyclic) bond motifs is 1. The first-order valence-electron chi connectivity index (χ1n) is 17.2. The van der Waals surface area contributed by atoms with Gasteiger partial charge in [-0.25, -0.2) is 0 Å². The van der Waals surface area contributed by atoms with Crippen LogP contribution in [0.2, 0.25) is 15.1 Å². The highest BCUT2D eigenvalue weighted by molar-refractivity contribution is 6.36. The van der Waals surface area contributed by atoms with Crippen molar-refractivity contribution in [1.29, 1.82) is 0 Å². The molecule has 0 saturated heterocycles. The number of carboxylic acid groups (broad SMARTS) is 1. The number of hydrogen-bond donors (Lipinski definition) is 2. The molecule has 3 aromatic carbocycles. The molecule has 1 aromatic heterocycles. The van der Waals surface area contributed by atoms with Crippen molar-refractivity contribution in [2.75, 3.05) is 13.7 Å². The Hall–Kier alpha value is -3.62. The summed E-state index contributed by atoms with van der Waals surface area (Å²) < 4.78 is 12.0. The van der Waals surface area contributed by atoms with Gasteiger partial charge in [0.15, 0.2) is 0 Å². The van der Waals surface area contributed by atoms with Gasteiger partial charge >= 0.3 is 5.97 Å². The van der Waals surface area contributed by atoms with E-state index in [2.05, 4.69) is 28.5 Å². The van der Waals surface area contributed by atoms with Gasteiger partial charge < -0.3 is 19.9 Å². The molecule has 4 aromatic rings. The first-order chi connectivity index (χ1) is 24.2. The zero-order chi connectivity index (χ0) is 35.0. The number of methoxy groups -OCH3 is 1. The Kier molecular flexibility index (Phi) is 10.1. The quantitative estimate of drug-likeness (QED) is 0.141.